The van der Waals surface area contributed by atoms with E-state index in [0.717, 1.165) is 24.2 Å². The Balaban J connectivity index is 1.84. The fraction of sp³-hybridized carbons (Fsp3) is 0.500. The van der Waals surface area contributed by atoms with Gasteiger partial charge in [-0.2, -0.15) is 0 Å². The molecule has 1 aromatic carbocycles. The molecule has 0 saturated carbocycles. The van der Waals surface area contributed by atoms with Crippen LogP contribution in [0.2, 0.25) is 0 Å². The van der Waals surface area contributed by atoms with Crippen LogP contribution in [0.4, 0.5) is 0 Å². The van der Waals surface area contributed by atoms with Crippen molar-refractivity contribution in [2.24, 2.45) is 0 Å². The number of amides is 3. The van der Waals surface area contributed by atoms with E-state index >= 15 is 0 Å². The van der Waals surface area contributed by atoms with Gasteiger partial charge in [-0.3, -0.25) is 19.3 Å². The van der Waals surface area contributed by atoms with Gasteiger partial charge in [0.2, 0.25) is 5.91 Å². The molecular weight excluding hydrogens is 292 g/mol. The summed E-state index contributed by atoms with van der Waals surface area (Å²) < 4.78 is 0. The number of carbonyl (C=O) groups is 3. The molecule has 1 N–H and O–H groups in total. The highest BCUT2D eigenvalue weighted by Gasteiger charge is 2.36. The molecule has 0 radical (unpaired) electrons. The molecule has 1 aliphatic rings. The van der Waals surface area contributed by atoms with Crippen molar-refractivity contribution in [3.05, 3.63) is 35.4 Å². The summed E-state index contributed by atoms with van der Waals surface area (Å²) >= 11 is 0. The van der Waals surface area contributed by atoms with Gasteiger partial charge in [0.1, 0.15) is 6.54 Å². The third-order valence-corrected chi connectivity index (χ3v) is 4.08. The molecule has 5 nitrogen and oxygen atoms in total. The number of fused-ring (bicyclic) bond motifs is 1. The van der Waals surface area contributed by atoms with Crippen LogP contribution < -0.4 is 5.32 Å². The zero-order chi connectivity index (χ0) is 16.8. The fourth-order valence-corrected chi connectivity index (χ4v) is 2.80. The van der Waals surface area contributed by atoms with E-state index in [9.17, 15) is 14.4 Å². The summed E-state index contributed by atoms with van der Waals surface area (Å²) in [5.74, 6) is -1.07. The van der Waals surface area contributed by atoms with Crippen molar-refractivity contribution in [3.8, 4) is 0 Å². The Labute approximate surface area is 137 Å². The Morgan fingerprint density at radius 1 is 1.09 bits per heavy atom. The minimum Gasteiger partial charge on any atom is -0.352 e. The van der Waals surface area contributed by atoms with E-state index in [0.29, 0.717) is 11.1 Å². The highest BCUT2D eigenvalue weighted by Crippen LogP contribution is 2.21. The summed E-state index contributed by atoms with van der Waals surface area (Å²) in [5.41, 5.74) is 0.746. The van der Waals surface area contributed by atoms with Gasteiger partial charge in [-0.05, 0) is 25.5 Å². The molecule has 5 heteroatoms. The summed E-state index contributed by atoms with van der Waals surface area (Å²) in [6, 6.07) is 6.71. The van der Waals surface area contributed by atoms with Gasteiger partial charge < -0.3 is 5.32 Å². The normalized spacial score (nSPS) is 14.8. The van der Waals surface area contributed by atoms with Crippen LogP contribution in [0.5, 0.6) is 0 Å². The topological polar surface area (TPSA) is 66.5 Å². The van der Waals surface area contributed by atoms with E-state index in [1.54, 1.807) is 24.3 Å². The molecule has 3 amide bonds. The van der Waals surface area contributed by atoms with Crippen molar-refractivity contribution < 1.29 is 14.4 Å². The molecule has 0 saturated heterocycles. The molecule has 0 aromatic heterocycles. The maximum absolute atomic E-state index is 12.2. The number of rotatable bonds is 8. The van der Waals surface area contributed by atoms with E-state index in [4.69, 9.17) is 0 Å². The number of benzene rings is 1. The van der Waals surface area contributed by atoms with E-state index in [2.05, 4.69) is 12.2 Å². The highest BCUT2D eigenvalue weighted by molar-refractivity contribution is 6.22. The van der Waals surface area contributed by atoms with Crippen LogP contribution in [0.15, 0.2) is 24.3 Å². The average molecular weight is 316 g/mol. The first kappa shape index (κ1) is 17.2. The van der Waals surface area contributed by atoms with Crippen LogP contribution >= 0.6 is 0 Å². The predicted octanol–water partition coefficient (Wildman–Crippen LogP) is 2.76. The predicted molar refractivity (Wildman–Crippen MR) is 88.2 cm³/mol. The van der Waals surface area contributed by atoms with Gasteiger partial charge in [0, 0.05) is 6.04 Å². The molecule has 1 aromatic rings. The first-order chi connectivity index (χ1) is 11.0. The van der Waals surface area contributed by atoms with Gasteiger partial charge in [-0.15, -0.1) is 0 Å². The number of hydrogen-bond donors (Lipinski definition) is 1. The van der Waals surface area contributed by atoms with Crippen LogP contribution in [-0.4, -0.2) is 35.2 Å². The SMILES string of the molecule is CCCCCC[C@@H](C)NC(=O)CN1C(=O)c2ccccc2C1=O. The number of carbonyl (C=O) groups excluding carboxylic acids is 3. The van der Waals surface area contributed by atoms with Crippen molar-refractivity contribution in [1.29, 1.82) is 0 Å². The lowest BCUT2D eigenvalue weighted by Crippen LogP contribution is -2.43. The zero-order valence-corrected chi connectivity index (χ0v) is 13.8. The molecule has 124 valence electrons. The maximum atomic E-state index is 12.2. The van der Waals surface area contributed by atoms with Gasteiger partial charge >= 0.3 is 0 Å². The fourth-order valence-electron chi connectivity index (χ4n) is 2.80. The molecule has 0 unspecified atom stereocenters. The number of unbranched alkanes of at least 4 members (excludes halogenated alkanes) is 3. The van der Waals surface area contributed by atoms with Crippen molar-refractivity contribution in [2.45, 2.75) is 52.0 Å². The summed E-state index contributed by atoms with van der Waals surface area (Å²) in [5, 5.41) is 2.87. The van der Waals surface area contributed by atoms with Gasteiger partial charge in [0.05, 0.1) is 11.1 Å². The second kappa shape index (κ2) is 7.90. The van der Waals surface area contributed by atoms with Gasteiger partial charge in [0.25, 0.3) is 11.8 Å². The third kappa shape index (κ3) is 4.18. The Morgan fingerprint density at radius 2 is 1.70 bits per heavy atom. The molecule has 0 fully saturated rings. The van der Waals surface area contributed by atoms with Gasteiger partial charge in [-0.25, -0.2) is 0 Å². The Kier molecular flexibility index (Phi) is 5.90. The maximum Gasteiger partial charge on any atom is 0.262 e. The lowest BCUT2D eigenvalue weighted by molar-refractivity contribution is -0.122. The summed E-state index contributed by atoms with van der Waals surface area (Å²) in [6.45, 7) is 3.89. The van der Waals surface area contributed by atoms with E-state index < -0.39 is 11.8 Å². The molecule has 2 rings (SSSR count). The van der Waals surface area contributed by atoms with Crippen LogP contribution in [0.25, 0.3) is 0 Å². The number of nitrogens with one attached hydrogen (secondary N) is 1. The summed E-state index contributed by atoms with van der Waals surface area (Å²) in [7, 11) is 0. The Hall–Kier alpha value is -2.17. The molecule has 0 spiro atoms. The van der Waals surface area contributed by atoms with Crippen molar-refractivity contribution in [1.82, 2.24) is 10.2 Å². The number of hydrogen-bond acceptors (Lipinski definition) is 3. The monoisotopic (exact) mass is 316 g/mol. The molecule has 0 bridgehead atoms. The summed E-state index contributed by atoms with van der Waals surface area (Å²) in [6.07, 6.45) is 5.53. The minimum absolute atomic E-state index is 0.0505. The van der Waals surface area contributed by atoms with Crippen LogP contribution in [0.1, 0.15) is 66.7 Å². The van der Waals surface area contributed by atoms with Crippen LogP contribution in [-0.2, 0) is 4.79 Å². The molecular formula is C18H24N2O3. The number of imide groups is 1. The lowest BCUT2D eigenvalue weighted by atomic mass is 10.1. The van der Waals surface area contributed by atoms with Crippen LogP contribution in [0, 0.1) is 0 Å². The number of nitrogens with zero attached hydrogens (tertiary/aromatic N) is 1. The largest absolute Gasteiger partial charge is 0.352 e. The second-order valence-electron chi connectivity index (χ2n) is 6.06. The molecule has 1 heterocycles. The first-order valence-electron chi connectivity index (χ1n) is 8.29. The van der Waals surface area contributed by atoms with Crippen molar-refractivity contribution in [3.63, 3.8) is 0 Å². The van der Waals surface area contributed by atoms with Crippen LogP contribution in [0.3, 0.4) is 0 Å². The molecule has 23 heavy (non-hydrogen) atoms. The van der Waals surface area contributed by atoms with Gasteiger partial charge in [-0.1, -0.05) is 44.7 Å². The Bertz CT molecular complexity index is 563. The quantitative estimate of drug-likeness (QED) is 0.592. The second-order valence-corrected chi connectivity index (χ2v) is 6.06. The van der Waals surface area contributed by atoms with Crippen molar-refractivity contribution in [2.75, 3.05) is 6.54 Å². The van der Waals surface area contributed by atoms with Crippen molar-refractivity contribution >= 4 is 17.7 Å². The highest BCUT2D eigenvalue weighted by atomic mass is 16.2. The first-order valence-corrected chi connectivity index (χ1v) is 8.29. The lowest BCUT2D eigenvalue weighted by Gasteiger charge is -2.17. The minimum atomic E-state index is -0.392. The molecule has 1 atom stereocenters. The Morgan fingerprint density at radius 3 is 2.26 bits per heavy atom. The molecule has 0 aliphatic carbocycles. The summed E-state index contributed by atoms with van der Waals surface area (Å²) in [4.78, 5) is 37.5. The smallest absolute Gasteiger partial charge is 0.262 e. The molecule has 1 aliphatic heterocycles. The van der Waals surface area contributed by atoms with E-state index in [1.165, 1.54) is 12.8 Å². The van der Waals surface area contributed by atoms with E-state index in [-0.39, 0.29) is 18.5 Å². The standard InChI is InChI=1S/C18H24N2O3/c1-3-4-5-6-9-13(2)19-16(21)12-20-17(22)14-10-7-8-11-15(14)18(20)23/h7-8,10-11,13H,3-6,9,12H2,1-2H3,(H,19,21)/t13-/m1/s1. The third-order valence-electron chi connectivity index (χ3n) is 4.08. The van der Waals surface area contributed by atoms with E-state index in [1.807, 2.05) is 6.92 Å². The average Bonchev–Trinajstić information content (AvgIpc) is 2.77. The van der Waals surface area contributed by atoms with Gasteiger partial charge in [0.15, 0.2) is 0 Å². The zero-order valence-electron chi connectivity index (χ0n) is 13.8.